The number of esters is 1. The van der Waals surface area contributed by atoms with E-state index < -0.39 is 12.3 Å². The standard InChI is InChI=1S/C25H36O3/c1-16-10-13-25(5)19-7-6-12-23(2,3)18(19)8-9-20(25)24(16,4)14-11-17-15-21(26)28-22(17)27/h8,11,14-16,19-20,22,27H,6-7,9-10,12-13H2,1-5H3/b14-11+/t16-,19+,20+,22?,24-,25-/m0/s1. The van der Waals surface area contributed by atoms with E-state index in [1.807, 2.05) is 6.08 Å². The topological polar surface area (TPSA) is 46.5 Å². The van der Waals surface area contributed by atoms with Crippen molar-refractivity contribution in [1.29, 1.82) is 0 Å². The van der Waals surface area contributed by atoms with Gasteiger partial charge in [-0.2, -0.15) is 0 Å². The van der Waals surface area contributed by atoms with Gasteiger partial charge in [0.2, 0.25) is 6.29 Å². The van der Waals surface area contributed by atoms with Gasteiger partial charge >= 0.3 is 5.97 Å². The lowest BCUT2D eigenvalue weighted by atomic mass is 9.43. The Labute approximate surface area is 169 Å². The third-order valence-electron chi connectivity index (χ3n) is 8.98. The molecule has 3 heteroatoms. The summed E-state index contributed by atoms with van der Waals surface area (Å²) in [5.41, 5.74) is 3.00. The van der Waals surface area contributed by atoms with Gasteiger partial charge in [-0.15, -0.1) is 0 Å². The second-order valence-electron chi connectivity index (χ2n) is 10.9. The van der Waals surface area contributed by atoms with Crippen molar-refractivity contribution in [1.82, 2.24) is 0 Å². The molecule has 1 aliphatic heterocycles. The Kier molecular flexibility index (Phi) is 4.69. The molecule has 3 nitrogen and oxygen atoms in total. The zero-order valence-electron chi connectivity index (χ0n) is 18.1. The largest absolute Gasteiger partial charge is 0.428 e. The lowest BCUT2D eigenvalue weighted by Gasteiger charge is -2.62. The minimum Gasteiger partial charge on any atom is -0.428 e. The number of allylic oxidation sites excluding steroid dienone is 3. The number of cyclic esters (lactones) is 1. The van der Waals surface area contributed by atoms with Crippen molar-refractivity contribution in [2.24, 2.45) is 34.0 Å². The molecule has 3 aliphatic carbocycles. The Bertz CT molecular complexity index is 758. The summed E-state index contributed by atoms with van der Waals surface area (Å²) in [4.78, 5) is 11.5. The molecule has 2 fully saturated rings. The van der Waals surface area contributed by atoms with Crippen LogP contribution in [0, 0.1) is 34.0 Å². The van der Waals surface area contributed by atoms with E-state index in [0.717, 1.165) is 6.42 Å². The number of hydrogen-bond donors (Lipinski definition) is 1. The Balaban J connectivity index is 1.70. The predicted molar refractivity (Wildman–Crippen MR) is 111 cm³/mol. The number of fused-ring (bicyclic) bond motifs is 3. The van der Waals surface area contributed by atoms with Gasteiger partial charge in [0.15, 0.2) is 0 Å². The maximum absolute atomic E-state index is 11.5. The van der Waals surface area contributed by atoms with Gasteiger partial charge in [0.25, 0.3) is 0 Å². The van der Waals surface area contributed by atoms with Gasteiger partial charge in [-0.3, -0.25) is 0 Å². The minimum atomic E-state index is -1.12. The molecule has 0 saturated heterocycles. The molecule has 4 aliphatic rings. The van der Waals surface area contributed by atoms with E-state index in [2.05, 4.69) is 46.8 Å². The van der Waals surface area contributed by atoms with E-state index in [1.165, 1.54) is 38.2 Å². The second kappa shape index (κ2) is 6.58. The first-order valence-corrected chi connectivity index (χ1v) is 11.1. The van der Waals surface area contributed by atoms with E-state index in [9.17, 15) is 9.90 Å². The number of hydrogen-bond acceptors (Lipinski definition) is 3. The highest BCUT2D eigenvalue weighted by atomic mass is 16.6. The molecule has 0 aromatic rings. The summed E-state index contributed by atoms with van der Waals surface area (Å²) in [5.74, 6) is 1.40. The van der Waals surface area contributed by atoms with Crippen LogP contribution >= 0.6 is 0 Å². The fraction of sp³-hybridized carbons (Fsp3) is 0.720. The number of carbonyl (C=O) groups excluding carboxylic acids is 1. The molecular weight excluding hydrogens is 348 g/mol. The number of ether oxygens (including phenoxy) is 1. The van der Waals surface area contributed by atoms with Gasteiger partial charge in [-0.1, -0.05) is 64.8 Å². The van der Waals surface area contributed by atoms with Crippen molar-refractivity contribution in [2.45, 2.75) is 79.4 Å². The van der Waals surface area contributed by atoms with Crippen molar-refractivity contribution in [2.75, 3.05) is 0 Å². The van der Waals surface area contributed by atoms with E-state index in [-0.39, 0.29) is 5.41 Å². The van der Waals surface area contributed by atoms with E-state index in [0.29, 0.717) is 34.2 Å². The molecule has 154 valence electrons. The third kappa shape index (κ3) is 2.93. The molecule has 0 bridgehead atoms. The molecular formula is C25H36O3. The average Bonchev–Trinajstić information content (AvgIpc) is 2.95. The zero-order chi connectivity index (χ0) is 20.3. The van der Waals surface area contributed by atoms with Crippen molar-refractivity contribution in [3.05, 3.63) is 35.5 Å². The number of carbonyl (C=O) groups is 1. The van der Waals surface area contributed by atoms with Crippen LogP contribution in [0.4, 0.5) is 0 Å². The molecule has 0 aromatic carbocycles. The van der Waals surface area contributed by atoms with Gasteiger partial charge < -0.3 is 9.84 Å². The van der Waals surface area contributed by atoms with Crippen molar-refractivity contribution in [3.63, 3.8) is 0 Å². The van der Waals surface area contributed by atoms with Gasteiger partial charge in [0.05, 0.1) is 0 Å². The fourth-order valence-corrected chi connectivity index (χ4v) is 6.98. The molecule has 1 unspecified atom stereocenters. The van der Waals surface area contributed by atoms with Gasteiger partial charge in [0, 0.05) is 11.6 Å². The molecule has 0 aromatic heterocycles. The summed E-state index contributed by atoms with van der Waals surface area (Å²) in [6.45, 7) is 12.2. The van der Waals surface area contributed by atoms with Crippen LogP contribution in [0.1, 0.15) is 73.1 Å². The van der Waals surface area contributed by atoms with Crippen LogP contribution in [0.3, 0.4) is 0 Å². The molecule has 6 atom stereocenters. The van der Waals surface area contributed by atoms with Crippen LogP contribution in [0.5, 0.6) is 0 Å². The molecule has 1 heterocycles. The molecule has 0 radical (unpaired) electrons. The first-order chi connectivity index (χ1) is 13.1. The molecule has 4 rings (SSSR count). The van der Waals surface area contributed by atoms with E-state index >= 15 is 0 Å². The Hall–Kier alpha value is -1.35. The highest BCUT2D eigenvalue weighted by Gasteiger charge is 2.57. The minimum absolute atomic E-state index is 0.0445. The maximum atomic E-state index is 11.5. The number of rotatable bonds is 2. The normalized spacial score (nSPS) is 45.1. The quantitative estimate of drug-likeness (QED) is 0.501. The molecule has 2 saturated carbocycles. The first kappa shape index (κ1) is 19.9. The summed E-state index contributed by atoms with van der Waals surface area (Å²) < 4.78 is 4.86. The maximum Gasteiger partial charge on any atom is 0.333 e. The smallest absolute Gasteiger partial charge is 0.333 e. The van der Waals surface area contributed by atoms with Gasteiger partial charge in [0.1, 0.15) is 0 Å². The molecule has 1 N–H and O–H groups in total. The summed E-state index contributed by atoms with van der Waals surface area (Å²) in [7, 11) is 0. The monoisotopic (exact) mass is 384 g/mol. The van der Waals surface area contributed by atoms with Crippen LogP contribution < -0.4 is 0 Å². The third-order valence-corrected chi connectivity index (χ3v) is 8.98. The lowest BCUT2D eigenvalue weighted by molar-refractivity contribution is -0.150. The highest BCUT2D eigenvalue weighted by Crippen LogP contribution is 2.66. The Morgan fingerprint density at radius 1 is 1.18 bits per heavy atom. The zero-order valence-corrected chi connectivity index (χ0v) is 18.1. The van der Waals surface area contributed by atoms with Gasteiger partial charge in [-0.05, 0) is 66.1 Å². The van der Waals surface area contributed by atoms with Crippen LogP contribution in [0.25, 0.3) is 0 Å². The number of aliphatic hydroxyl groups excluding tert-OH is 1. The molecule has 0 spiro atoms. The summed E-state index contributed by atoms with van der Waals surface area (Å²) >= 11 is 0. The van der Waals surface area contributed by atoms with Gasteiger partial charge in [-0.25, -0.2) is 4.79 Å². The van der Waals surface area contributed by atoms with E-state index in [4.69, 9.17) is 4.74 Å². The summed E-state index contributed by atoms with van der Waals surface area (Å²) in [5, 5.41) is 9.96. The second-order valence-corrected chi connectivity index (χ2v) is 10.9. The molecule has 0 amide bonds. The average molecular weight is 385 g/mol. The Morgan fingerprint density at radius 2 is 1.93 bits per heavy atom. The van der Waals surface area contributed by atoms with Crippen molar-refractivity contribution < 1.29 is 14.6 Å². The SMILES string of the molecule is C[C@H]1CC[C@@]2(C)[C@@H]3CCCC(C)(C)C3=CC[C@@H]2[C@@]1(C)/C=C/C1=CC(=O)OC1O. The van der Waals surface area contributed by atoms with Crippen LogP contribution in [0.2, 0.25) is 0 Å². The summed E-state index contributed by atoms with van der Waals surface area (Å²) in [6, 6.07) is 0. The van der Waals surface area contributed by atoms with Crippen LogP contribution in [0.15, 0.2) is 35.5 Å². The summed E-state index contributed by atoms with van der Waals surface area (Å²) in [6.07, 6.45) is 14.7. The Morgan fingerprint density at radius 3 is 2.61 bits per heavy atom. The predicted octanol–water partition coefficient (Wildman–Crippen LogP) is 5.56. The van der Waals surface area contributed by atoms with E-state index in [1.54, 1.807) is 5.57 Å². The van der Waals surface area contributed by atoms with Crippen LogP contribution in [-0.2, 0) is 9.53 Å². The van der Waals surface area contributed by atoms with Crippen molar-refractivity contribution >= 4 is 5.97 Å². The lowest BCUT2D eigenvalue weighted by Crippen LogP contribution is -2.54. The fourth-order valence-electron chi connectivity index (χ4n) is 6.98. The number of aliphatic hydroxyl groups is 1. The van der Waals surface area contributed by atoms with Crippen molar-refractivity contribution in [3.8, 4) is 0 Å². The first-order valence-electron chi connectivity index (χ1n) is 11.1. The molecule has 28 heavy (non-hydrogen) atoms. The van der Waals surface area contributed by atoms with Crippen LogP contribution in [-0.4, -0.2) is 17.4 Å². The highest BCUT2D eigenvalue weighted by molar-refractivity contribution is 5.86.